The van der Waals surface area contributed by atoms with Crippen molar-refractivity contribution in [2.75, 3.05) is 6.54 Å². The maximum atomic E-state index is 12.6. The Hall–Kier alpha value is -2.49. The van der Waals surface area contributed by atoms with Gasteiger partial charge in [0.15, 0.2) is 5.58 Å². The third-order valence-electron chi connectivity index (χ3n) is 4.05. The van der Waals surface area contributed by atoms with Crippen LogP contribution in [-0.4, -0.2) is 29.9 Å². The lowest BCUT2D eigenvalue weighted by atomic mass is 10.1. The molecule has 1 unspecified atom stereocenters. The molecule has 0 saturated heterocycles. The van der Waals surface area contributed by atoms with E-state index in [4.69, 9.17) is 4.52 Å². The highest BCUT2D eigenvalue weighted by molar-refractivity contribution is 7.88. The lowest BCUT2D eigenvalue weighted by molar-refractivity contribution is 0.448. The summed E-state index contributed by atoms with van der Waals surface area (Å²) in [4.78, 5) is 0. The van der Waals surface area contributed by atoms with Crippen molar-refractivity contribution in [3.63, 3.8) is 0 Å². The zero-order valence-electron chi connectivity index (χ0n) is 13.6. The molecule has 0 aliphatic carbocycles. The van der Waals surface area contributed by atoms with Gasteiger partial charge in [0.1, 0.15) is 11.4 Å². The predicted molar refractivity (Wildman–Crippen MR) is 99.3 cm³/mol. The molecule has 0 aliphatic rings. The van der Waals surface area contributed by atoms with Gasteiger partial charge in [0.2, 0.25) is 10.0 Å². The second-order valence-electron chi connectivity index (χ2n) is 5.79. The van der Waals surface area contributed by atoms with Crippen LogP contribution < -0.4 is 4.72 Å². The molecule has 9 heteroatoms. The number of benzene rings is 1. The zero-order valence-corrected chi connectivity index (χ0v) is 15.3. The van der Waals surface area contributed by atoms with Crippen LogP contribution in [0.1, 0.15) is 17.3 Å². The van der Waals surface area contributed by atoms with Crippen LogP contribution in [0.2, 0.25) is 0 Å². The van der Waals surface area contributed by atoms with Crippen molar-refractivity contribution < 1.29 is 12.9 Å². The molecule has 0 amide bonds. The van der Waals surface area contributed by atoms with E-state index < -0.39 is 10.0 Å². The van der Waals surface area contributed by atoms with E-state index in [1.807, 2.05) is 41.2 Å². The van der Waals surface area contributed by atoms with E-state index in [0.717, 1.165) is 5.56 Å². The minimum atomic E-state index is -3.58. The Bertz CT molecular complexity index is 1050. The van der Waals surface area contributed by atoms with Gasteiger partial charge in [0.05, 0.1) is 6.04 Å². The monoisotopic (exact) mass is 388 g/mol. The molecule has 0 saturated carbocycles. The van der Waals surface area contributed by atoms with Crippen LogP contribution in [0.15, 0.2) is 64.1 Å². The molecule has 26 heavy (non-hydrogen) atoms. The highest BCUT2D eigenvalue weighted by atomic mass is 32.2. The Morgan fingerprint density at radius 3 is 2.88 bits per heavy atom. The number of fused-ring (bicyclic) bond motifs is 1. The lowest BCUT2D eigenvalue weighted by Gasteiger charge is -2.17. The van der Waals surface area contributed by atoms with Gasteiger partial charge in [-0.1, -0.05) is 17.3 Å². The van der Waals surface area contributed by atoms with Crippen molar-refractivity contribution in [2.45, 2.75) is 11.8 Å². The molecule has 1 N–H and O–H groups in total. The zero-order chi connectivity index (χ0) is 18.0. The number of nitrogens with one attached hydrogen (secondary N) is 1. The summed E-state index contributed by atoms with van der Waals surface area (Å²) in [6.07, 6.45) is 3.50. The van der Waals surface area contributed by atoms with Gasteiger partial charge < -0.3 is 4.52 Å². The second kappa shape index (κ2) is 7.02. The number of rotatable bonds is 7. The first-order valence-electron chi connectivity index (χ1n) is 7.94. The Morgan fingerprint density at radius 2 is 2.12 bits per heavy atom. The first kappa shape index (κ1) is 17.0. The van der Waals surface area contributed by atoms with Crippen LogP contribution in [0.5, 0.6) is 0 Å². The fraction of sp³-hybridized carbons (Fsp3) is 0.176. The van der Waals surface area contributed by atoms with E-state index in [9.17, 15) is 8.42 Å². The number of sulfonamides is 1. The van der Waals surface area contributed by atoms with E-state index in [0.29, 0.717) is 16.7 Å². The van der Waals surface area contributed by atoms with Crippen LogP contribution in [0.3, 0.4) is 0 Å². The summed E-state index contributed by atoms with van der Waals surface area (Å²) in [7, 11) is -3.58. The maximum Gasteiger partial charge on any atom is 0.217 e. The minimum Gasteiger partial charge on any atom is -0.356 e. The van der Waals surface area contributed by atoms with Crippen LogP contribution in [-0.2, 0) is 15.8 Å². The van der Waals surface area contributed by atoms with E-state index in [1.165, 1.54) is 0 Å². The van der Waals surface area contributed by atoms with Crippen molar-refractivity contribution in [3.05, 3.63) is 70.8 Å². The molecule has 0 spiro atoms. The van der Waals surface area contributed by atoms with E-state index in [-0.39, 0.29) is 18.3 Å². The Morgan fingerprint density at radius 1 is 1.23 bits per heavy atom. The van der Waals surface area contributed by atoms with Crippen molar-refractivity contribution in [3.8, 4) is 0 Å². The highest BCUT2D eigenvalue weighted by Gasteiger charge is 2.21. The van der Waals surface area contributed by atoms with Crippen molar-refractivity contribution >= 4 is 32.3 Å². The molecule has 3 heterocycles. The van der Waals surface area contributed by atoms with Gasteiger partial charge in [-0.3, -0.25) is 4.68 Å². The van der Waals surface area contributed by atoms with Gasteiger partial charge in [0.25, 0.3) is 0 Å². The molecular weight excluding hydrogens is 372 g/mol. The number of hydrogen-bond donors (Lipinski definition) is 1. The number of aromatic nitrogens is 3. The summed E-state index contributed by atoms with van der Waals surface area (Å²) in [6, 6.07) is 10.8. The lowest BCUT2D eigenvalue weighted by Crippen LogP contribution is -2.32. The molecule has 134 valence electrons. The normalized spacial score (nSPS) is 13.2. The van der Waals surface area contributed by atoms with E-state index in [1.54, 1.807) is 34.3 Å². The number of para-hydroxylation sites is 1. The van der Waals surface area contributed by atoms with Gasteiger partial charge in [-0.05, 0) is 40.6 Å². The van der Waals surface area contributed by atoms with Gasteiger partial charge in [-0.2, -0.15) is 16.4 Å². The molecule has 0 fully saturated rings. The molecular formula is C17H16N4O3S2. The fourth-order valence-corrected chi connectivity index (χ4v) is 4.56. The molecule has 1 atom stereocenters. The summed E-state index contributed by atoms with van der Waals surface area (Å²) < 4.78 is 34.7. The van der Waals surface area contributed by atoms with Crippen LogP contribution in [0.4, 0.5) is 0 Å². The van der Waals surface area contributed by atoms with Crippen molar-refractivity contribution in [1.82, 2.24) is 19.7 Å². The fourth-order valence-electron chi connectivity index (χ4n) is 2.77. The second-order valence-corrected chi connectivity index (χ2v) is 8.38. The third-order valence-corrected chi connectivity index (χ3v) is 6.01. The van der Waals surface area contributed by atoms with Gasteiger partial charge in [0, 0.05) is 24.3 Å². The minimum absolute atomic E-state index is 0.205. The number of hydrogen-bond acceptors (Lipinski definition) is 6. The molecule has 1 aromatic carbocycles. The van der Waals surface area contributed by atoms with Gasteiger partial charge in [-0.15, -0.1) is 0 Å². The first-order valence-corrected chi connectivity index (χ1v) is 10.5. The van der Waals surface area contributed by atoms with Gasteiger partial charge in [-0.25, -0.2) is 13.1 Å². The van der Waals surface area contributed by atoms with Crippen LogP contribution >= 0.6 is 11.3 Å². The van der Waals surface area contributed by atoms with E-state index in [2.05, 4.69) is 15.0 Å². The summed E-state index contributed by atoms with van der Waals surface area (Å²) in [6.45, 7) is 0.205. The number of thiophene rings is 1. The predicted octanol–water partition coefficient (Wildman–Crippen LogP) is 2.79. The average molecular weight is 388 g/mol. The Kier molecular flexibility index (Phi) is 4.58. The number of nitrogens with zero attached hydrogens (tertiary/aromatic N) is 3. The Labute approximate surface area is 154 Å². The quantitative estimate of drug-likeness (QED) is 0.526. The van der Waals surface area contributed by atoms with Crippen LogP contribution in [0, 0.1) is 0 Å². The summed E-state index contributed by atoms with van der Waals surface area (Å²) in [5.74, 6) is -0.237. The average Bonchev–Trinajstić information content (AvgIpc) is 3.37. The molecule has 7 nitrogen and oxygen atoms in total. The molecule has 0 bridgehead atoms. The summed E-state index contributed by atoms with van der Waals surface area (Å²) in [5.41, 5.74) is 1.98. The van der Waals surface area contributed by atoms with Crippen LogP contribution in [0.25, 0.3) is 11.0 Å². The van der Waals surface area contributed by atoms with E-state index >= 15 is 0 Å². The maximum absolute atomic E-state index is 12.6. The molecule has 4 rings (SSSR count). The molecule has 0 aliphatic heterocycles. The largest absolute Gasteiger partial charge is 0.356 e. The Balaban J connectivity index is 1.52. The first-order chi connectivity index (χ1) is 12.6. The van der Waals surface area contributed by atoms with Crippen molar-refractivity contribution in [1.29, 1.82) is 0 Å². The molecule has 0 radical (unpaired) electrons. The topological polar surface area (TPSA) is 90.0 Å². The third kappa shape index (κ3) is 3.55. The smallest absolute Gasteiger partial charge is 0.217 e. The van der Waals surface area contributed by atoms with Crippen molar-refractivity contribution in [2.24, 2.45) is 0 Å². The SMILES string of the molecule is O=S(=O)(Cc1noc2ccccc12)NCC(c1ccsc1)n1cccn1. The van der Waals surface area contributed by atoms with Gasteiger partial charge >= 0.3 is 0 Å². The molecule has 4 aromatic rings. The summed E-state index contributed by atoms with van der Waals surface area (Å²) >= 11 is 1.56. The highest BCUT2D eigenvalue weighted by Crippen LogP contribution is 2.21. The molecule has 3 aromatic heterocycles. The summed E-state index contributed by atoms with van der Waals surface area (Å²) in [5, 5.41) is 12.8. The standard InChI is InChI=1S/C17H16N4O3S2/c22-26(23,12-15-14-4-1-2-5-17(14)24-20-15)19-10-16(13-6-9-25-11-13)21-8-3-7-18-21/h1-9,11,16,19H,10,12H2.